The molecular formula is C29H58. The van der Waals surface area contributed by atoms with Gasteiger partial charge in [0.05, 0.1) is 0 Å². The molecular weight excluding hydrogens is 348 g/mol. The van der Waals surface area contributed by atoms with Gasteiger partial charge in [-0.3, -0.25) is 0 Å². The van der Waals surface area contributed by atoms with Gasteiger partial charge in [0.2, 0.25) is 0 Å². The molecule has 0 rings (SSSR count). The van der Waals surface area contributed by atoms with Crippen molar-refractivity contribution in [2.45, 2.75) is 181 Å². The quantitative estimate of drug-likeness (QED) is 0.125. The van der Waals surface area contributed by atoms with Crippen LogP contribution in [0, 0.1) is 6.42 Å². The summed E-state index contributed by atoms with van der Waals surface area (Å²) in [6.07, 6.45) is 40.9. The van der Waals surface area contributed by atoms with Crippen LogP contribution in [-0.4, -0.2) is 0 Å². The summed E-state index contributed by atoms with van der Waals surface area (Å²) in [7, 11) is 0. The second kappa shape index (κ2) is 28.0. The summed E-state index contributed by atoms with van der Waals surface area (Å²) in [5, 5.41) is 0. The molecule has 0 aliphatic heterocycles. The maximum atomic E-state index is 3.66. The van der Waals surface area contributed by atoms with Crippen LogP contribution < -0.4 is 0 Å². The fraction of sp³-hybridized carbons (Fsp3) is 0.966. The summed E-state index contributed by atoms with van der Waals surface area (Å²) in [4.78, 5) is 0. The van der Waals surface area contributed by atoms with Crippen molar-refractivity contribution in [2.24, 2.45) is 0 Å². The summed E-state index contributed by atoms with van der Waals surface area (Å²) < 4.78 is 0. The second-order valence-corrected chi connectivity index (χ2v) is 9.53. The van der Waals surface area contributed by atoms with Crippen LogP contribution in [0.1, 0.15) is 181 Å². The Hall–Kier alpha value is 0. The molecule has 0 unspecified atom stereocenters. The fourth-order valence-corrected chi connectivity index (χ4v) is 4.31. The lowest BCUT2D eigenvalue weighted by Crippen LogP contribution is -1.85. The van der Waals surface area contributed by atoms with Gasteiger partial charge in [-0.25, -0.2) is 0 Å². The molecule has 0 amide bonds. The minimum absolute atomic E-state index is 1.25. The molecule has 0 N–H and O–H groups in total. The Bertz CT molecular complexity index is 231. The van der Waals surface area contributed by atoms with Gasteiger partial charge in [-0.15, -0.1) is 0 Å². The van der Waals surface area contributed by atoms with E-state index in [1.807, 2.05) is 0 Å². The first-order valence-electron chi connectivity index (χ1n) is 14.1. The normalized spacial score (nSPS) is 11.4. The number of hydrogen-bond acceptors (Lipinski definition) is 0. The molecule has 0 aliphatic rings. The molecule has 0 bridgehead atoms. The van der Waals surface area contributed by atoms with Gasteiger partial charge in [-0.1, -0.05) is 168 Å². The standard InChI is InChI=1S/C29H58/c1-3-5-7-9-11-13-15-17-19-21-23-25-27-29-28-26-24-22-20-18-16-14-12-10-8-6-4-2/h3-28H2,1-2H3. The van der Waals surface area contributed by atoms with Gasteiger partial charge in [0, 0.05) is 0 Å². The van der Waals surface area contributed by atoms with Gasteiger partial charge in [-0.05, 0) is 19.3 Å². The Labute approximate surface area is 187 Å². The van der Waals surface area contributed by atoms with Crippen LogP contribution in [0.25, 0.3) is 0 Å². The van der Waals surface area contributed by atoms with Crippen molar-refractivity contribution >= 4 is 0 Å². The molecule has 0 aromatic carbocycles. The smallest absolute Gasteiger partial charge is 0.0173 e. The lowest BCUT2D eigenvalue weighted by atomic mass is 10.0. The largest absolute Gasteiger partial charge is 0.0654 e. The summed E-state index contributed by atoms with van der Waals surface area (Å²) >= 11 is 0. The van der Waals surface area contributed by atoms with E-state index in [-0.39, 0.29) is 0 Å². The lowest BCUT2D eigenvalue weighted by molar-refractivity contribution is 0.536. The SMILES string of the molecule is CCCCCCCCCCCCCC[C]CCCCCCCCCCCCCC. The van der Waals surface area contributed by atoms with Crippen LogP contribution in [0.2, 0.25) is 0 Å². The third-order valence-corrected chi connectivity index (χ3v) is 6.41. The number of unbranched alkanes of at least 4 members (excludes halogenated alkanes) is 26. The lowest BCUT2D eigenvalue weighted by Gasteiger charge is -2.04. The van der Waals surface area contributed by atoms with Crippen LogP contribution in [-0.2, 0) is 0 Å². The Balaban J connectivity index is 2.97. The Morgan fingerprint density at radius 1 is 0.276 bits per heavy atom. The second-order valence-electron chi connectivity index (χ2n) is 9.53. The predicted octanol–water partition coefficient (Wildman–Crippen LogP) is 11.3. The van der Waals surface area contributed by atoms with Crippen LogP contribution >= 0.6 is 0 Å². The minimum Gasteiger partial charge on any atom is -0.0654 e. The van der Waals surface area contributed by atoms with Crippen molar-refractivity contribution in [1.82, 2.24) is 0 Å². The molecule has 0 saturated carbocycles. The maximum absolute atomic E-state index is 3.66. The van der Waals surface area contributed by atoms with Gasteiger partial charge in [0.1, 0.15) is 0 Å². The molecule has 0 nitrogen and oxygen atoms in total. The van der Waals surface area contributed by atoms with E-state index in [4.69, 9.17) is 0 Å². The van der Waals surface area contributed by atoms with Crippen molar-refractivity contribution < 1.29 is 0 Å². The fourth-order valence-electron chi connectivity index (χ4n) is 4.31. The summed E-state index contributed by atoms with van der Waals surface area (Å²) in [6, 6.07) is 0. The zero-order chi connectivity index (χ0) is 21.1. The molecule has 0 aliphatic carbocycles. The Morgan fingerprint density at radius 2 is 0.483 bits per heavy atom. The summed E-state index contributed by atoms with van der Waals surface area (Å²) in [5.74, 6) is 0. The van der Waals surface area contributed by atoms with E-state index >= 15 is 0 Å². The van der Waals surface area contributed by atoms with E-state index in [2.05, 4.69) is 20.3 Å². The molecule has 29 heavy (non-hydrogen) atoms. The van der Waals surface area contributed by atoms with Gasteiger partial charge in [0.25, 0.3) is 0 Å². The van der Waals surface area contributed by atoms with Crippen molar-refractivity contribution in [3.05, 3.63) is 6.42 Å². The molecule has 0 atom stereocenters. The highest BCUT2D eigenvalue weighted by Gasteiger charge is 1.96. The van der Waals surface area contributed by atoms with Gasteiger partial charge < -0.3 is 0 Å². The molecule has 0 saturated heterocycles. The zero-order valence-electron chi connectivity index (χ0n) is 20.9. The van der Waals surface area contributed by atoms with Crippen LogP contribution in [0.3, 0.4) is 0 Å². The van der Waals surface area contributed by atoms with Crippen molar-refractivity contribution in [3.8, 4) is 0 Å². The van der Waals surface area contributed by atoms with Crippen LogP contribution in [0.4, 0.5) is 0 Å². The van der Waals surface area contributed by atoms with E-state index in [1.54, 1.807) is 0 Å². The molecule has 0 heterocycles. The van der Waals surface area contributed by atoms with Crippen LogP contribution in [0.5, 0.6) is 0 Å². The van der Waals surface area contributed by atoms with Crippen molar-refractivity contribution in [1.29, 1.82) is 0 Å². The van der Waals surface area contributed by atoms with E-state index in [0.717, 1.165) is 0 Å². The first kappa shape index (κ1) is 29.0. The van der Waals surface area contributed by atoms with Gasteiger partial charge in [0.15, 0.2) is 0 Å². The maximum Gasteiger partial charge on any atom is -0.0173 e. The molecule has 174 valence electrons. The van der Waals surface area contributed by atoms with E-state index in [9.17, 15) is 0 Å². The van der Waals surface area contributed by atoms with Gasteiger partial charge >= 0.3 is 0 Å². The minimum atomic E-state index is 1.25. The van der Waals surface area contributed by atoms with Crippen LogP contribution in [0.15, 0.2) is 0 Å². The molecule has 2 radical (unpaired) electrons. The summed E-state index contributed by atoms with van der Waals surface area (Å²) in [6.45, 7) is 4.60. The van der Waals surface area contributed by atoms with Crippen molar-refractivity contribution in [2.75, 3.05) is 0 Å². The third kappa shape index (κ3) is 28.0. The van der Waals surface area contributed by atoms with E-state index < -0.39 is 0 Å². The predicted molar refractivity (Wildman–Crippen MR) is 135 cm³/mol. The van der Waals surface area contributed by atoms with E-state index in [0.29, 0.717) is 0 Å². The zero-order valence-corrected chi connectivity index (χ0v) is 20.9. The highest BCUT2D eigenvalue weighted by atomic mass is 14.0. The number of rotatable bonds is 26. The number of hydrogen-bond donors (Lipinski definition) is 0. The molecule has 0 spiro atoms. The highest BCUT2D eigenvalue weighted by molar-refractivity contribution is 4.64. The van der Waals surface area contributed by atoms with E-state index in [1.165, 1.54) is 167 Å². The van der Waals surface area contributed by atoms with Gasteiger partial charge in [-0.2, -0.15) is 0 Å². The molecule has 0 aromatic heterocycles. The molecule has 0 aromatic rings. The first-order chi connectivity index (χ1) is 14.4. The topological polar surface area (TPSA) is 0 Å². The average molecular weight is 407 g/mol. The monoisotopic (exact) mass is 406 g/mol. The highest BCUT2D eigenvalue weighted by Crippen LogP contribution is 2.15. The first-order valence-corrected chi connectivity index (χ1v) is 14.1. The Morgan fingerprint density at radius 3 is 0.724 bits per heavy atom. The Kier molecular flexibility index (Phi) is 28.0. The summed E-state index contributed by atoms with van der Waals surface area (Å²) in [5.41, 5.74) is 0. The molecule has 0 heteroatoms. The average Bonchev–Trinajstić information content (AvgIpc) is 2.74. The van der Waals surface area contributed by atoms with Crippen molar-refractivity contribution in [3.63, 3.8) is 0 Å². The molecule has 0 fully saturated rings. The third-order valence-electron chi connectivity index (χ3n) is 6.41.